The van der Waals surface area contributed by atoms with E-state index in [-0.39, 0.29) is 23.0 Å². The highest BCUT2D eigenvalue weighted by Gasteiger charge is 2.19. The van der Waals surface area contributed by atoms with E-state index in [1.165, 1.54) is 11.0 Å². The van der Waals surface area contributed by atoms with Crippen molar-refractivity contribution in [2.24, 2.45) is 0 Å². The lowest BCUT2D eigenvalue weighted by Gasteiger charge is -2.20. The van der Waals surface area contributed by atoms with Crippen molar-refractivity contribution < 1.29 is 19.5 Å². The lowest BCUT2D eigenvalue weighted by atomic mass is 10.3. The average Bonchev–Trinajstić information content (AvgIpc) is 2.84. The summed E-state index contributed by atoms with van der Waals surface area (Å²) in [4.78, 5) is 35.7. The molecule has 8 heteroatoms. The molecule has 0 saturated heterocycles. The highest BCUT2D eigenvalue weighted by atomic mass is 32.1. The number of hydrogen-bond acceptors (Lipinski definition) is 4. The minimum atomic E-state index is -1.10. The molecule has 0 aliphatic heterocycles. The number of likely N-dealkylation sites (N-methyl/N-ethyl adjacent to an activating group) is 2. The Balaban J connectivity index is 2.70. The summed E-state index contributed by atoms with van der Waals surface area (Å²) in [5, 5.41) is 15.9. The van der Waals surface area contributed by atoms with Gasteiger partial charge in [-0.25, -0.2) is 9.59 Å². The van der Waals surface area contributed by atoms with Crippen LogP contribution in [0.2, 0.25) is 0 Å². The summed E-state index contributed by atoms with van der Waals surface area (Å²) in [6, 6.07) is 0.923. The maximum atomic E-state index is 12.0. The number of carboxylic acid groups (broad SMARTS) is 1. The first-order valence-corrected chi connectivity index (χ1v) is 7.00. The summed E-state index contributed by atoms with van der Waals surface area (Å²) in [6.45, 7) is 4.30. The Morgan fingerprint density at radius 3 is 2.60 bits per heavy atom. The number of nitrogens with zero attached hydrogens (tertiary/aromatic N) is 1. The molecule has 0 atom stereocenters. The number of carbonyl (C=O) groups excluding carboxylic acids is 2. The van der Waals surface area contributed by atoms with Crippen LogP contribution in [0, 0.1) is 0 Å². The summed E-state index contributed by atoms with van der Waals surface area (Å²) in [7, 11) is 0. The van der Waals surface area contributed by atoms with Crippen LogP contribution in [0.5, 0.6) is 0 Å². The third-order valence-electron chi connectivity index (χ3n) is 2.49. The Morgan fingerprint density at radius 1 is 1.35 bits per heavy atom. The topological polar surface area (TPSA) is 98.7 Å². The van der Waals surface area contributed by atoms with Gasteiger partial charge in [0.2, 0.25) is 5.91 Å². The molecule has 1 rings (SSSR count). The van der Waals surface area contributed by atoms with Gasteiger partial charge in [0.15, 0.2) is 0 Å². The van der Waals surface area contributed by atoms with E-state index in [2.05, 4.69) is 10.6 Å². The molecule has 3 N–H and O–H groups in total. The maximum Gasteiger partial charge on any atom is 0.338 e. The highest BCUT2D eigenvalue weighted by Crippen LogP contribution is 2.23. The van der Waals surface area contributed by atoms with Gasteiger partial charge < -0.3 is 15.3 Å². The van der Waals surface area contributed by atoms with Crippen molar-refractivity contribution in [3.05, 3.63) is 17.0 Å². The van der Waals surface area contributed by atoms with E-state index in [9.17, 15) is 14.4 Å². The SMILES string of the molecule is CCNC(=O)CN(CC)C(=O)Nc1sccc1C(=O)O. The number of carboxylic acids is 1. The minimum absolute atomic E-state index is 0.0393. The second-order valence-corrected chi connectivity index (χ2v) is 4.78. The molecular weight excluding hydrogens is 282 g/mol. The number of aromatic carboxylic acids is 1. The van der Waals surface area contributed by atoms with Crippen molar-refractivity contribution in [3.8, 4) is 0 Å². The van der Waals surface area contributed by atoms with Crippen molar-refractivity contribution in [2.45, 2.75) is 13.8 Å². The van der Waals surface area contributed by atoms with Gasteiger partial charge in [0.1, 0.15) is 11.5 Å². The van der Waals surface area contributed by atoms with Gasteiger partial charge in [0, 0.05) is 13.1 Å². The van der Waals surface area contributed by atoms with Crippen molar-refractivity contribution in [2.75, 3.05) is 25.0 Å². The van der Waals surface area contributed by atoms with Gasteiger partial charge in [-0.2, -0.15) is 0 Å². The second-order valence-electron chi connectivity index (χ2n) is 3.87. The maximum absolute atomic E-state index is 12.0. The molecule has 0 fully saturated rings. The molecule has 0 saturated carbocycles. The molecule has 110 valence electrons. The number of thiophene rings is 1. The van der Waals surface area contributed by atoms with E-state index >= 15 is 0 Å². The molecule has 0 spiro atoms. The Labute approximate surface area is 120 Å². The molecule has 3 amide bonds. The number of rotatable bonds is 6. The van der Waals surface area contributed by atoms with E-state index in [0.29, 0.717) is 13.1 Å². The average molecular weight is 299 g/mol. The Hall–Kier alpha value is -2.09. The monoisotopic (exact) mass is 299 g/mol. The molecule has 0 aliphatic rings. The number of urea groups is 1. The van der Waals surface area contributed by atoms with Crippen LogP contribution in [0.15, 0.2) is 11.4 Å². The largest absolute Gasteiger partial charge is 0.478 e. The fourth-order valence-electron chi connectivity index (χ4n) is 1.50. The molecule has 1 heterocycles. The van der Waals surface area contributed by atoms with Crippen molar-refractivity contribution >= 4 is 34.2 Å². The molecular formula is C12H17N3O4S. The highest BCUT2D eigenvalue weighted by molar-refractivity contribution is 7.14. The van der Waals surface area contributed by atoms with Crippen LogP contribution in [-0.4, -0.2) is 47.5 Å². The molecule has 1 aromatic heterocycles. The zero-order valence-electron chi connectivity index (χ0n) is 11.3. The normalized spacial score (nSPS) is 9.90. The van der Waals surface area contributed by atoms with Crippen LogP contribution in [0.4, 0.5) is 9.80 Å². The van der Waals surface area contributed by atoms with E-state index in [1.54, 1.807) is 19.2 Å². The standard InChI is InChI=1S/C12H17N3O4S/c1-3-13-9(16)7-15(4-2)12(19)14-10-8(11(17)18)5-6-20-10/h5-6H,3-4,7H2,1-2H3,(H,13,16)(H,14,19)(H,17,18). The Bertz CT molecular complexity index is 501. The van der Waals surface area contributed by atoms with Gasteiger partial charge in [-0.1, -0.05) is 0 Å². The van der Waals surface area contributed by atoms with Gasteiger partial charge >= 0.3 is 12.0 Å². The molecule has 0 radical (unpaired) electrons. The second kappa shape index (κ2) is 7.49. The van der Waals surface area contributed by atoms with Gasteiger partial charge in [-0.05, 0) is 25.3 Å². The van der Waals surface area contributed by atoms with Crippen LogP contribution in [0.1, 0.15) is 24.2 Å². The third kappa shape index (κ3) is 4.23. The van der Waals surface area contributed by atoms with Crippen molar-refractivity contribution in [3.63, 3.8) is 0 Å². The predicted molar refractivity (Wildman–Crippen MR) is 76.2 cm³/mol. The zero-order valence-corrected chi connectivity index (χ0v) is 12.1. The molecule has 0 aliphatic carbocycles. The van der Waals surface area contributed by atoms with E-state index < -0.39 is 12.0 Å². The van der Waals surface area contributed by atoms with Crippen molar-refractivity contribution in [1.29, 1.82) is 0 Å². The van der Waals surface area contributed by atoms with E-state index in [0.717, 1.165) is 11.3 Å². The van der Waals surface area contributed by atoms with Gasteiger partial charge in [0.25, 0.3) is 0 Å². The fourth-order valence-corrected chi connectivity index (χ4v) is 2.27. The first-order chi connectivity index (χ1) is 9.49. The quantitative estimate of drug-likeness (QED) is 0.740. The molecule has 0 bridgehead atoms. The summed E-state index contributed by atoms with van der Waals surface area (Å²) < 4.78 is 0. The Kier molecular flexibility index (Phi) is 5.98. The van der Waals surface area contributed by atoms with Crippen LogP contribution >= 0.6 is 11.3 Å². The summed E-state index contributed by atoms with van der Waals surface area (Å²) >= 11 is 1.12. The molecule has 0 unspecified atom stereocenters. The summed E-state index contributed by atoms with van der Waals surface area (Å²) in [6.07, 6.45) is 0. The van der Waals surface area contributed by atoms with Gasteiger partial charge in [-0.15, -0.1) is 11.3 Å². The minimum Gasteiger partial charge on any atom is -0.478 e. The van der Waals surface area contributed by atoms with E-state index in [1.807, 2.05) is 0 Å². The van der Waals surface area contributed by atoms with Crippen LogP contribution in [0.25, 0.3) is 0 Å². The zero-order chi connectivity index (χ0) is 15.1. The fraction of sp³-hybridized carbons (Fsp3) is 0.417. The predicted octanol–water partition coefficient (Wildman–Crippen LogP) is 1.44. The van der Waals surface area contributed by atoms with E-state index in [4.69, 9.17) is 5.11 Å². The number of anilines is 1. The van der Waals surface area contributed by atoms with Crippen LogP contribution < -0.4 is 10.6 Å². The number of amides is 3. The summed E-state index contributed by atoms with van der Waals surface area (Å²) in [5.41, 5.74) is 0.0393. The Morgan fingerprint density at radius 2 is 2.05 bits per heavy atom. The van der Waals surface area contributed by atoms with Crippen molar-refractivity contribution in [1.82, 2.24) is 10.2 Å². The van der Waals surface area contributed by atoms with Crippen LogP contribution in [0.3, 0.4) is 0 Å². The number of nitrogens with one attached hydrogen (secondary N) is 2. The van der Waals surface area contributed by atoms with Gasteiger partial charge in [0.05, 0.1) is 5.56 Å². The van der Waals surface area contributed by atoms with Gasteiger partial charge in [-0.3, -0.25) is 10.1 Å². The molecule has 20 heavy (non-hydrogen) atoms. The smallest absolute Gasteiger partial charge is 0.338 e. The number of hydrogen-bond donors (Lipinski definition) is 3. The third-order valence-corrected chi connectivity index (χ3v) is 3.32. The molecule has 0 aromatic carbocycles. The first-order valence-electron chi connectivity index (χ1n) is 6.13. The molecule has 1 aromatic rings. The summed E-state index contributed by atoms with van der Waals surface area (Å²) in [5.74, 6) is -1.36. The van der Waals surface area contributed by atoms with Crippen LogP contribution in [-0.2, 0) is 4.79 Å². The molecule has 7 nitrogen and oxygen atoms in total. The number of carbonyl (C=O) groups is 3. The first kappa shape index (κ1) is 16.0. The lowest BCUT2D eigenvalue weighted by molar-refractivity contribution is -0.121. The lowest BCUT2D eigenvalue weighted by Crippen LogP contribution is -2.42.